The van der Waals surface area contributed by atoms with Crippen molar-refractivity contribution in [2.24, 2.45) is 0 Å². The van der Waals surface area contributed by atoms with Crippen molar-refractivity contribution in [3.8, 4) is 0 Å². The van der Waals surface area contributed by atoms with Crippen molar-refractivity contribution in [2.75, 3.05) is 0 Å². The summed E-state index contributed by atoms with van der Waals surface area (Å²) in [6, 6.07) is 0.335. The largest absolute Gasteiger partial charge is 0.398 e. The maximum Gasteiger partial charge on any atom is 0.398 e. The quantitative estimate of drug-likeness (QED) is 0.498. The van der Waals surface area contributed by atoms with Crippen LogP contribution in [-0.4, -0.2) is 25.2 Å². The molecule has 1 rings (SSSR count). The highest BCUT2D eigenvalue weighted by molar-refractivity contribution is 7.80. The monoisotopic (exact) mass is 195 g/mol. The van der Waals surface area contributed by atoms with Crippen LogP contribution in [0.25, 0.3) is 0 Å². The molecule has 0 aliphatic heterocycles. The van der Waals surface area contributed by atoms with Gasteiger partial charge >= 0.3 is 10.4 Å². The van der Waals surface area contributed by atoms with Crippen molar-refractivity contribution in [1.82, 2.24) is 5.32 Å². The molecule has 0 aromatic rings. The van der Waals surface area contributed by atoms with Gasteiger partial charge in [-0.05, 0) is 19.8 Å². The van der Waals surface area contributed by atoms with Gasteiger partial charge in [-0.2, -0.15) is 8.42 Å². The molecule has 72 valence electrons. The summed E-state index contributed by atoms with van der Waals surface area (Å²) in [4.78, 5) is 0. The lowest BCUT2D eigenvalue weighted by molar-refractivity contribution is 0.132. The second kappa shape index (κ2) is 3.69. The average Bonchev–Trinajstić information content (AvgIpc) is 1.74. The first-order valence-electron chi connectivity index (χ1n) is 3.89. The topological polar surface area (TPSA) is 75.6 Å². The molecule has 5 nitrogen and oxygen atoms in total. The highest BCUT2D eigenvalue weighted by atomic mass is 32.3. The lowest BCUT2D eigenvalue weighted by atomic mass is 9.93. The van der Waals surface area contributed by atoms with E-state index < -0.39 is 16.6 Å². The molecule has 0 aromatic heterocycles. The smallest absolute Gasteiger partial charge is 0.288 e. The third-order valence-electron chi connectivity index (χ3n) is 1.84. The van der Waals surface area contributed by atoms with Gasteiger partial charge in [-0.3, -0.25) is 9.87 Å². The van der Waals surface area contributed by atoms with Crippen LogP contribution < -0.4 is 5.32 Å². The van der Waals surface area contributed by atoms with Crippen molar-refractivity contribution >= 4 is 10.4 Å². The molecule has 0 bridgehead atoms. The lowest BCUT2D eigenvalue weighted by Gasteiger charge is -2.28. The third kappa shape index (κ3) is 3.48. The first kappa shape index (κ1) is 9.91. The SMILES string of the molecule is CC(NC1CCC1)OS(=O)(=O)O. The molecular weight excluding hydrogens is 182 g/mol. The van der Waals surface area contributed by atoms with E-state index in [0.29, 0.717) is 6.04 Å². The Hall–Kier alpha value is -0.170. The Morgan fingerprint density at radius 2 is 2.17 bits per heavy atom. The van der Waals surface area contributed by atoms with Gasteiger partial charge in [0, 0.05) is 6.04 Å². The molecule has 1 aliphatic carbocycles. The van der Waals surface area contributed by atoms with E-state index in [9.17, 15) is 8.42 Å². The summed E-state index contributed by atoms with van der Waals surface area (Å²) in [6.45, 7) is 1.55. The zero-order chi connectivity index (χ0) is 9.19. The van der Waals surface area contributed by atoms with E-state index in [0.717, 1.165) is 19.3 Å². The molecule has 0 aromatic carbocycles. The standard InChI is InChI=1S/C6H13NO4S/c1-5(11-12(8,9)10)7-6-3-2-4-6/h5-7H,2-4H2,1H3,(H,8,9,10). The fourth-order valence-corrected chi connectivity index (χ4v) is 1.54. The minimum absolute atomic E-state index is 0.335. The molecule has 1 fully saturated rings. The van der Waals surface area contributed by atoms with Gasteiger partial charge in [0.25, 0.3) is 0 Å². The molecule has 0 heterocycles. The van der Waals surface area contributed by atoms with Crippen molar-refractivity contribution in [1.29, 1.82) is 0 Å². The average molecular weight is 195 g/mol. The minimum Gasteiger partial charge on any atom is -0.288 e. The number of hydrogen-bond acceptors (Lipinski definition) is 4. The Morgan fingerprint density at radius 1 is 1.58 bits per heavy atom. The molecule has 12 heavy (non-hydrogen) atoms. The van der Waals surface area contributed by atoms with Gasteiger partial charge in [0.05, 0.1) is 0 Å². The maximum atomic E-state index is 10.2. The fraction of sp³-hybridized carbons (Fsp3) is 1.00. The van der Waals surface area contributed by atoms with Crippen LogP contribution in [0.4, 0.5) is 0 Å². The van der Waals surface area contributed by atoms with Crippen LogP contribution in [-0.2, 0) is 14.6 Å². The summed E-state index contributed by atoms with van der Waals surface area (Å²) in [5, 5.41) is 2.91. The summed E-state index contributed by atoms with van der Waals surface area (Å²) in [6.07, 6.45) is 2.60. The van der Waals surface area contributed by atoms with Crippen LogP contribution in [0.1, 0.15) is 26.2 Å². The first-order chi connectivity index (χ1) is 5.47. The molecule has 2 N–H and O–H groups in total. The van der Waals surface area contributed by atoms with Crippen LogP contribution in [0, 0.1) is 0 Å². The summed E-state index contributed by atoms with van der Waals surface area (Å²) < 4.78 is 33.0. The van der Waals surface area contributed by atoms with Gasteiger partial charge in [0.1, 0.15) is 6.23 Å². The highest BCUT2D eigenvalue weighted by Gasteiger charge is 2.21. The number of nitrogens with one attached hydrogen (secondary N) is 1. The molecule has 6 heteroatoms. The fourth-order valence-electron chi connectivity index (χ4n) is 1.12. The van der Waals surface area contributed by atoms with Gasteiger partial charge in [-0.15, -0.1) is 0 Å². The van der Waals surface area contributed by atoms with Crippen LogP contribution in [0.3, 0.4) is 0 Å². The zero-order valence-electron chi connectivity index (χ0n) is 6.86. The Balaban J connectivity index is 2.23. The van der Waals surface area contributed by atoms with E-state index >= 15 is 0 Å². The Labute approximate surface area is 72.1 Å². The van der Waals surface area contributed by atoms with E-state index in [-0.39, 0.29) is 0 Å². The van der Waals surface area contributed by atoms with Crippen LogP contribution in [0.5, 0.6) is 0 Å². The Morgan fingerprint density at radius 3 is 2.50 bits per heavy atom. The van der Waals surface area contributed by atoms with E-state index in [4.69, 9.17) is 4.55 Å². The second-order valence-corrected chi connectivity index (χ2v) is 4.01. The van der Waals surface area contributed by atoms with Crippen molar-refractivity contribution in [2.45, 2.75) is 38.5 Å². The normalized spacial score (nSPS) is 21.8. The molecule has 0 radical (unpaired) electrons. The van der Waals surface area contributed by atoms with Gasteiger partial charge in [0.2, 0.25) is 0 Å². The van der Waals surface area contributed by atoms with Crippen molar-refractivity contribution in [3.63, 3.8) is 0 Å². The van der Waals surface area contributed by atoms with Gasteiger partial charge in [-0.25, -0.2) is 4.18 Å². The summed E-state index contributed by atoms with van der Waals surface area (Å²) in [5.41, 5.74) is 0. The van der Waals surface area contributed by atoms with Crippen LogP contribution in [0.15, 0.2) is 0 Å². The number of hydrogen-bond donors (Lipinski definition) is 2. The summed E-state index contributed by atoms with van der Waals surface area (Å²) in [5.74, 6) is 0. The Bertz CT molecular complexity index is 234. The van der Waals surface area contributed by atoms with Crippen molar-refractivity contribution in [3.05, 3.63) is 0 Å². The van der Waals surface area contributed by atoms with E-state index in [1.807, 2.05) is 0 Å². The molecule has 0 spiro atoms. The highest BCUT2D eigenvalue weighted by Crippen LogP contribution is 2.18. The summed E-state index contributed by atoms with van der Waals surface area (Å²) >= 11 is 0. The molecule has 1 aliphatic rings. The van der Waals surface area contributed by atoms with E-state index in [1.54, 1.807) is 6.92 Å². The summed E-state index contributed by atoms with van der Waals surface area (Å²) in [7, 11) is -4.32. The van der Waals surface area contributed by atoms with Gasteiger partial charge in [-0.1, -0.05) is 6.42 Å². The first-order valence-corrected chi connectivity index (χ1v) is 5.25. The van der Waals surface area contributed by atoms with E-state index in [1.165, 1.54) is 0 Å². The Kier molecular flexibility index (Phi) is 3.05. The molecule has 1 saturated carbocycles. The predicted molar refractivity (Wildman–Crippen MR) is 42.9 cm³/mol. The minimum atomic E-state index is -4.32. The molecule has 1 unspecified atom stereocenters. The van der Waals surface area contributed by atoms with Crippen LogP contribution >= 0.6 is 0 Å². The molecule has 0 saturated heterocycles. The molecule has 0 amide bonds. The van der Waals surface area contributed by atoms with Gasteiger partial charge in [0.15, 0.2) is 0 Å². The van der Waals surface area contributed by atoms with Crippen molar-refractivity contribution < 1.29 is 17.2 Å². The third-order valence-corrected chi connectivity index (χ3v) is 2.37. The number of rotatable bonds is 4. The lowest BCUT2D eigenvalue weighted by Crippen LogP contribution is -2.42. The molecular formula is C6H13NO4S. The van der Waals surface area contributed by atoms with Gasteiger partial charge < -0.3 is 0 Å². The maximum absolute atomic E-state index is 10.2. The van der Waals surface area contributed by atoms with Crippen LogP contribution in [0.2, 0.25) is 0 Å². The predicted octanol–water partition coefficient (Wildman–Crippen LogP) is 0.294. The second-order valence-electron chi connectivity index (χ2n) is 2.96. The van der Waals surface area contributed by atoms with E-state index in [2.05, 4.69) is 9.50 Å². The molecule has 1 atom stereocenters. The zero-order valence-corrected chi connectivity index (χ0v) is 7.67.